The predicted molar refractivity (Wildman–Crippen MR) is 54.9 cm³/mol. The quantitative estimate of drug-likeness (QED) is 0.631. The highest BCUT2D eigenvalue weighted by Crippen LogP contribution is 1.98. The molecule has 0 unspecified atom stereocenters. The Balaban J connectivity index is 0.000000243. The molecule has 0 atom stereocenters. The van der Waals surface area contributed by atoms with Gasteiger partial charge in [-0.3, -0.25) is 0 Å². The highest BCUT2D eigenvalue weighted by atomic mass is 16.5. The molecule has 2 nitrogen and oxygen atoms in total. The molecule has 78 valence electrons. The van der Waals surface area contributed by atoms with Gasteiger partial charge >= 0.3 is 0 Å². The summed E-state index contributed by atoms with van der Waals surface area (Å²) in [6, 6.07) is 0. The lowest BCUT2D eigenvalue weighted by Gasteiger charge is -1.90. The second-order valence-electron chi connectivity index (χ2n) is 3.48. The summed E-state index contributed by atoms with van der Waals surface area (Å²) < 4.78 is 4.94. The first-order chi connectivity index (χ1) is 6.27. The largest absolute Gasteiger partial charge is 0.381 e. The monoisotopic (exact) mass is 186 g/mol. The van der Waals surface area contributed by atoms with Crippen LogP contribution in [0, 0.1) is 0 Å². The van der Waals surface area contributed by atoms with Crippen LogP contribution in [-0.4, -0.2) is 19.0 Å². The molecule has 1 fully saturated rings. The molecule has 1 saturated heterocycles. The fraction of sp³-hybridized carbons (Fsp3) is 0.909. The molecule has 0 saturated carbocycles. The van der Waals surface area contributed by atoms with Crippen LogP contribution in [0.25, 0.3) is 0 Å². The van der Waals surface area contributed by atoms with Crippen LogP contribution >= 0.6 is 0 Å². The lowest BCUT2D eigenvalue weighted by atomic mass is 10.2. The molecule has 0 radical (unpaired) electrons. The van der Waals surface area contributed by atoms with Crippen molar-refractivity contribution in [1.82, 2.24) is 0 Å². The smallest absolute Gasteiger partial charge is 0.129 e. The first-order valence-electron chi connectivity index (χ1n) is 5.34. The summed E-state index contributed by atoms with van der Waals surface area (Å²) in [5.41, 5.74) is 0. The summed E-state index contributed by atoms with van der Waals surface area (Å²) in [5.74, 6) is 0.318. The Hall–Kier alpha value is -0.370. The van der Waals surface area contributed by atoms with E-state index in [0.29, 0.717) is 5.78 Å². The first-order valence-corrected chi connectivity index (χ1v) is 5.34. The Morgan fingerprint density at radius 1 is 1.23 bits per heavy atom. The predicted octanol–water partition coefficient (Wildman–Crippen LogP) is 2.95. The molecule has 0 spiro atoms. The molecule has 0 aliphatic carbocycles. The summed E-state index contributed by atoms with van der Waals surface area (Å²) >= 11 is 0. The number of ether oxygens (including phenoxy) is 1. The number of Topliss-reactive ketones (excluding diaryl/α,β-unsaturated/α-hetero) is 1. The van der Waals surface area contributed by atoms with Crippen LogP contribution in [0.1, 0.15) is 52.4 Å². The fourth-order valence-corrected chi connectivity index (χ4v) is 1.13. The molecule has 0 N–H and O–H groups in total. The van der Waals surface area contributed by atoms with E-state index in [1.54, 1.807) is 6.92 Å². The van der Waals surface area contributed by atoms with Crippen molar-refractivity contribution in [3.8, 4) is 0 Å². The number of rotatable bonds is 4. The summed E-state index contributed by atoms with van der Waals surface area (Å²) in [6.07, 6.45) is 6.80. The van der Waals surface area contributed by atoms with E-state index in [0.717, 1.165) is 26.1 Å². The summed E-state index contributed by atoms with van der Waals surface area (Å²) in [6.45, 7) is 5.79. The third kappa shape index (κ3) is 11.6. The summed E-state index contributed by atoms with van der Waals surface area (Å²) in [4.78, 5) is 10.3. The molecular weight excluding hydrogens is 164 g/mol. The minimum absolute atomic E-state index is 0.318. The van der Waals surface area contributed by atoms with Crippen LogP contribution in [0.15, 0.2) is 0 Å². The van der Waals surface area contributed by atoms with E-state index in [1.165, 1.54) is 25.7 Å². The molecule has 2 heteroatoms. The van der Waals surface area contributed by atoms with Crippen molar-refractivity contribution in [1.29, 1.82) is 0 Å². The van der Waals surface area contributed by atoms with Gasteiger partial charge in [-0.1, -0.05) is 19.8 Å². The van der Waals surface area contributed by atoms with Crippen LogP contribution in [0.3, 0.4) is 0 Å². The maximum Gasteiger partial charge on any atom is 0.129 e. The van der Waals surface area contributed by atoms with Crippen LogP contribution in [0.2, 0.25) is 0 Å². The molecule has 0 aromatic rings. The topological polar surface area (TPSA) is 26.3 Å². The Kier molecular flexibility index (Phi) is 9.44. The van der Waals surface area contributed by atoms with E-state index in [2.05, 4.69) is 6.92 Å². The molecule has 1 rings (SSSR count). The molecule has 0 aromatic carbocycles. The van der Waals surface area contributed by atoms with Gasteiger partial charge in [0.15, 0.2) is 0 Å². The van der Waals surface area contributed by atoms with Gasteiger partial charge in [-0.05, 0) is 26.2 Å². The van der Waals surface area contributed by atoms with Gasteiger partial charge in [0.25, 0.3) is 0 Å². The van der Waals surface area contributed by atoms with Crippen molar-refractivity contribution in [3.63, 3.8) is 0 Å². The SMILES string of the molecule is C1CCOC1.CCCCCC(C)=O. The number of ketones is 1. The van der Waals surface area contributed by atoms with Crippen molar-refractivity contribution >= 4 is 5.78 Å². The number of unbranched alkanes of at least 4 members (excludes halogenated alkanes) is 2. The Bertz CT molecular complexity index is 110. The highest BCUT2D eigenvalue weighted by molar-refractivity contribution is 5.75. The van der Waals surface area contributed by atoms with Gasteiger partial charge < -0.3 is 9.53 Å². The van der Waals surface area contributed by atoms with Crippen LogP contribution in [0.4, 0.5) is 0 Å². The maximum atomic E-state index is 10.3. The van der Waals surface area contributed by atoms with Crippen molar-refractivity contribution < 1.29 is 9.53 Å². The average molecular weight is 186 g/mol. The van der Waals surface area contributed by atoms with Crippen molar-refractivity contribution in [2.45, 2.75) is 52.4 Å². The zero-order valence-electron chi connectivity index (χ0n) is 8.97. The van der Waals surface area contributed by atoms with Gasteiger partial charge in [-0.2, -0.15) is 0 Å². The van der Waals surface area contributed by atoms with E-state index < -0.39 is 0 Å². The average Bonchev–Trinajstić information content (AvgIpc) is 2.61. The standard InChI is InChI=1S/C7H14O.C4H8O/c1-3-4-5-6-7(2)8;1-2-4-5-3-1/h3-6H2,1-2H3;1-4H2. The number of carbonyl (C=O) groups excluding carboxylic acids is 1. The highest BCUT2D eigenvalue weighted by Gasteiger charge is 1.94. The first kappa shape index (κ1) is 12.6. The van der Waals surface area contributed by atoms with E-state index in [1.807, 2.05) is 0 Å². The third-order valence-electron chi connectivity index (χ3n) is 1.96. The van der Waals surface area contributed by atoms with E-state index in [-0.39, 0.29) is 0 Å². The second-order valence-corrected chi connectivity index (χ2v) is 3.48. The van der Waals surface area contributed by atoms with Crippen molar-refractivity contribution in [3.05, 3.63) is 0 Å². The van der Waals surface area contributed by atoms with Gasteiger partial charge in [0.2, 0.25) is 0 Å². The van der Waals surface area contributed by atoms with Gasteiger partial charge in [-0.15, -0.1) is 0 Å². The number of carbonyl (C=O) groups is 1. The molecule has 0 aromatic heterocycles. The Labute approximate surface area is 81.7 Å². The fourth-order valence-electron chi connectivity index (χ4n) is 1.13. The van der Waals surface area contributed by atoms with Crippen LogP contribution in [0.5, 0.6) is 0 Å². The second kappa shape index (κ2) is 9.72. The van der Waals surface area contributed by atoms with E-state index in [4.69, 9.17) is 4.74 Å². The van der Waals surface area contributed by atoms with Gasteiger partial charge in [-0.25, -0.2) is 0 Å². The third-order valence-corrected chi connectivity index (χ3v) is 1.96. The normalized spacial score (nSPS) is 14.9. The Morgan fingerprint density at radius 2 is 1.85 bits per heavy atom. The summed E-state index contributed by atoms with van der Waals surface area (Å²) in [7, 11) is 0. The van der Waals surface area contributed by atoms with Gasteiger partial charge in [0.1, 0.15) is 5.78 Å². The molecular formula is C11H22O2. The van der Waals surface area contributed by atoms with Gasteiger partial charge in [0.05, 0.1) is 0 Å². The minimum Gasteiger partial charge on any atom is -0.381 e. The van der Waals surface area contributed by atoms with Crippen LogP contribution < -0.4 is 0 Å². The maximum absolute atomic E-state index is 10.3. The van der Waals surface area contributed by atoms with Crippen molar-refractivity contribution in [2.75, 3.05) is 13.2 Å². The lowest BCUT2D eigenvalue weighted by Crippen LogP contribution is -1.87. The van der Waals surface area contributed by atoms with E-state index >= 15 is 0 Å². The van der Waals surface area contributed by atoms with Crippen LogP contribution in [-0.2, 0) is 9.53 Å². The molecule has 13 heavy (non-hydrogen) atoms. The Morgan fingerprint density at radius 3 is 2.15 bits per heavy atom. The zero-order chi connectivity index (χ0) is 9.94. The molecule has 1 heterocycles. The number of hydrogen-bond acceptors (Lipinski definition) is 2. The summed E-state index contributed by atoms with van der Waals surface area (Å²) in [5, 5.41) is 0. The lowest BCUT2D eigenvalue weighted by molar-refractivity contribution is -0.117. The molecule has 0 bridgehead atoms. The van der Waals surface area contributed by atoms with E-state index in [9.17, 15) is 4.79 Å². The molecule has 1 aliphatic rings. The molecule has 1 aliphatic heterocycles. The van der Waals surface area contributed by atoms with Crippen molar-refractivity contribution in [2.24, 2.45) is 0 Å². The minimum atomic E-state index is 0.318. The molecule has 0 amide bonds. The number of hydrogen-bond donors (Lipinski definition) is 0. The van der Waals surface area contributed by atoms with Gasteiger partial charge in [0, 0.05) is 19.6 Å². The zero-order valence-corrected chi connectivity index (χ0v) is 8.97.